The Hall–Kier alpha value is -3.38. The first-order valence-electron chi connectivity index (χ1n) is 10.9. The molecule has 0 fully saturated rings. The number of amides is 2. The average molecular weight is 465 g/mol. The molecule has 0 bridgehead atoms. The third-order valence-corrected chi connectivity index (χ3v) is 5.31. The zero-order valence-electron chi connectivity index (χ0n) is 19.4. The van der Waals surface area contributed by atoms with E-state index in [0.29, 0.717) is 17.4 Å². The lowest BCUT2D eigenvalue weighted by molar-refractivity contribution is -0.130. The van der Waals surface area contributed by atoms with Crippen molar-refractivity contribution in [2.24, 2.45) is 0 Å². The van der Waals surface area contributed by atoms with E-state index in [9.17, 15) is 9.59 Å². The highest BCUT2D eigenvalue weighted by Gasteiger charge is 2.22. The molecule has 0 spiro atoms. The van der Waals surface area contributed by atoms with Crippen LogP contribution in [0.25, 0.3) is 11.8 Å². The molecule has 6 nitrogen and oxygen atoms in total. The van der Waals surface area contributed by atoms with Gasteiger partial charge < -0.3 is 10.2 Å². The Morgan fingerprint density at radius 3 is 2.36 bits per heavy atom. The molecule has 1 heterocycles. The van der Waals surface area contributed by atoms with Gasteiger partial charge in [-0.15, -0.1) is 0 Å². The van der Waals surface area contributed by atoms with Gasteiger partial charge in [0.05, 0.1) is 11.4 Å². The molecule has 0 atom stereocenters. The summed E-state index contributed by atoms with van der Waals surface area (Å²) in [7, 11) is 0. The lowest BCUT2D eigenvalue weighted by atomic mass is 9.92. The number of aromatic nitrogens is 2. The number of nitrogens with one attached hydrogen (secondary N) is 1. The second kappa shape index (κ2) is 10.5. The van der Waals surface area contributed by atoms with Crippen molar-refractivity contribution < 1.29 is 9.59 Å². The minimum absolute atomic E-state index is 0.0644. The van der Waals surface area contributed by atoms with Crippen LogP contribution in [-0.2, 0) is 15.0 Å². The zero-order chi connectivity index (χ0) is 24.0. The first kappa shape index (κ1) is 24.3. The number of likely N-dealkylation sites (N-methyl/N-ethyl adjacent to an activating group) is 1. The summed E-state index contributed by atoms with van der Waals surface area (Å²) in [5.74, 6) is 0.0163. The molecule has 33 heavy (non-hydrogen) atoms. The lowest BCUT2D eigenvalue weighted by Crippen LogP contribution is -2.37. The quantitative estimate of drug-likeness (QED) is 0.481. The number of anilines is 1. The SMILES string of the molecule is CCN(CC(=O)Nc1cc(C(C)(C)C)nn1-c1ccc(Cl)cc1)C(=O)/C=C/c1ccccc1. The molecule has 0 aliphatic carbocycles. The summed E-state index contributed by atoms with van der Waals surface area (Å²) >= 11 is 6.03. The molecule has 0 unspecified atom stereocenters. The Balaban J connectivity index is 1.76. The number of halogens is 1. The van der Waals surface area contributed by atoms with Crippen LogP contribution in [-0.4, -0.2) is 39.6 Å². The highest BCUT2D eigenvalue weighted by atomic mass is 35.5. The normalized spacial score (nSPS) is 11.5. The number of rotatable bonds is 7. The van der Waals surface area contributed by atoms with Crippen LogP contribution >= 0.6 is 11.6 Å². The third kappa shape index (κ3) is 6.56. The predicted octanol–water partition coefficient (Wildman–Crippen LogP) is 5.32. The Morgan fingerprint density at radius 2 is 1.76 bits per heavy atom. The van der Waals surface area contributed by atoms with Crippen LogP contribution < -0.4 is 5.32 Å². The van der Waals surface area contributed by atoms with Crippen LogP contribution in [0.3, 0.4) is 0 Å². The first-order valence-corrected chi connectivity index (χ1v) is 11.2. The van der Waals surface area contributed by atoms with Gasteiger partial charge in [0.2, 0.25) is 11.8 Å². The smallest absolute Gasteiger partial charge is 0.247 e. The van der Waals surface area contributed by atoms with Gasteiger partial charge in [-0.2, -0.15) is 5.10 Å². The van der Waals surface area contributed by atoms with Gasteiger partial charge in [0.1, 0.15) is 12.4 Å². The van der Waals surface area contributed by atoms with Gasteiger partial charge in [0.25, 0.3) is 0 Å². The maximum atomic E-state index is 12.9. The first-order chi connectivity index (χ1) is 15.7. The number of hydrogen-bond donors (Lipinski definition) is 1. The average Bonchev–Trinajstić information content (AvgIpc) is 3.21. The van der Waals surface area contributed by atoms with E-state index in [1.165, 1.54) is 11.0 Å². The van der Waals surface area contributed by atoms with Crippen molar-refractivity contribution in [3.8, 4) is 5.69 Å². The predicted molar refractivity (Wildman–Crippen MR) is 134 cm³/mol. The van der Waals surface area contributed by atoms with E-state index in [-0.39, 0.29) is 23.8 Å². The largest absolute Gasteiger partial charge is 0.330 e. The van der Waals surface area contributed by atoms with Crippen LogP contribution in [0.1, 0.15) is 39.0 Å². The molecule has 7 heteroatoms. The molecule has 172 valence electrons. The van der Waals surface area contributed by atoms with E-state index >= 15 is 0 Å². The van der Waals surface area contributed by atoms with E-state index in [2.05, 4.69) is 26.1 Å². The molecule has 1 N–H and O–H groups in total. The molecular formula is C26H29ClN4O2. The maximum Gasteiger partial charge on any atom is 0.247 e. The van der Waals surface area contributed by atoms with Crippen molar-refractivity contribution in [1.82, 2.24) is 14.7 Å². The molecule has 0 aliphatic rings. The van der Waals surface area contributed by atoms with Crippen molar-refractivity contribution in [3.05, 3.63) is 83.0 Å². The van der Waals surface area contributed by atoms with Gasteiger partial charge in [-0.3, -0.25) is 9.59 Å². The minimum Gasteiger partial charge on any atom is -0.330 e. The Labute approximate surface area is 199 Å². The molecule has 2 amide bonds. The minimum atomic E-state index is -0.297. The van der Waals surface area contributed by atoms with Crippen molar-refractivity contribution >= 4 is 35.3 Å². The fourth-order valence-corrected chi connectivity index (χ4v) is 3.28. The van der Waals surface area contributed by atoms with Crippen LogP contribution in [0.15, 0.2) is 66.7 Å². The monoisotopic (exact) mass is 464 g/mol. The second-order valence-corrected chi connectivity index (χ2v) is 9.13. The second-order valence-electron chi connectivity index (χ2n) is 8.70. The molecule has 0 saturated heterocycles. The molecule has 2 aromatic carbocycles. The fraction of sp³-hybridized carbons (Fsp3) is 0.269. The summed E-state index contributed by atoms with van der Waals surface area (Å²) in [6, 6.07) is 18.7. The Kier molecular flexibility index (Phi) is 7.71. The van der Waals surface area contributed by atoms with E-state index in [0.717, 1.165) is 16.9 Å². The molecule has 0 saturated carbocycles. The summed E-state index contributed by atoms with van der Waals surface area (Å²) in [4.78, 5) is 27.0. The number of carbonyl (C=O) groups is 2. The number of hydrogen-bond acceptors (Lipinski definition) is 3. The standard InChI is InChI=1S/C26H29ClN4O2/c1-5-30(25(33)16-11-19-9-7-6-8-10-19)18-24(32)28-23-17-22(26(2,3)4)29-31(23)21-14-12-20(27)13-15-21/h6-17H,5,18H2,1-4H3,(H,28,32)/b16-11+. The van der Waals surface area contributed by atoms with Crippen LogP contribution in [0.5, 0.6) is 0 Å². The molecular weight excluding hydrogens is 436 g/mol. The Morgan fingerprint density at radius 1 is 1.09 bits per heavy atom. The fourth-order valence-electron chi connectivity index (χ4n) is 3.15. The van der Waals surface area contributed by atoms with Gasteiger partial charge in [-0.05, 0) is 42.8 Å². The molecule has 1 aromatic heterocycles. The highest BCUT2D eigenvalue weighted by molar-refractivity contribution is 6.30. The van der Waals surface area contributed by atoms with E-state index in [4.69, 9.17) is 16.7 Å². The van der Waals surface area contributed by atoms with Gasteiger partial charge in [0, 0.05) is 29.1 Å². The lowest BCUT2D eigenvalue weighted by Gasteiger charge is -2.19. The van der Waals surface area contributed by atoms with Crippen LogP contribution in [0, 0.1) is 0 Å². The summed E-state index contributed by atoms with van der Waals surface area (Å²) in [6.45, 7) is 8.37. The number of benzene rings is 2. The summed E-state index contributed by atoms with van der Waals surface area (Å²) in [5.41, 5.74) is 2.33. The third-order valence-electron chi connectivity index (χ3n) is 5.06. The number of nitrogens with zero attached hydrogens (tertiary/aromatic N) is 3. The summed E-state index contributed by atoms with van der Waals surface area (Å²) in [6.07, 6.45) is 3.23. The maximum absolute atomic E-state index is 12.9. The van der Waals surface area contributed by atoms with Crippen LogP contribution in [0.2, 0.25) is 5.02 Å². The Bertz CT molecular complexity index is 1130. The van der Waals surface area contributed by atoms with Crippen molar-refractivity contribution in [3.63, 3.8) is 0 Å². The van der Waals surface area contributed by atoms with Gasteiger partial charge >= 0.3 is 0 Å². The summed E-state index contributed by atoms with van der Waals surface area (Å²) in [5, 5.41) is 8.24. The topological polar surface area (TPSA) is 67.2 Å². The summed E-state index contributed by atoms with van der Waals surface area (Å²) < 4.78 is 1.68. The van der Waals surface area contributed by atoms with Crippen molar-refractivity contribution in [1.29, 1.82) is 0 Å². The highest BCUT2D eigenvalue weighted by Crippen LogP contribution is 2.26. The zero-order valence-corrected chi connectivity index (χ0v) is 20.1. The molecule has 0 aliphatic heterocycles. The van der Waals surface area contributed by atoms with Gasteiger partial charge in [-0.25, -0.2) is 4.68 Å². The number of carbonyl (C=O) groups excluding carboxylic acids is 2. The molecule has 0 radical (unpaired) electrons. The van der Waals surface area contributed by atoms with Crippen LogP contribution in [0.4, 0.5) is 5.82 Å². The molecule has 3 aromatic rings. The van der Waals surface area contributed by atoms with Crippen molar-refractivity contribution in [2.75, 3.05) is 18.4 Å². The van der Waals surface area contributed by atoms with Crippen molar-refractivity contribution in [2.45, 2.75) is 33.1 Å². The van der Waals surface area contributed by atoms with Gasteiger partial charge in [0.15, 0.2) is 0 Å². The molecule has 3 rings (SSSR count). The van der Waals surface area contributed by atoms with E-state index < -0.39 is 0 Å². The van der Waals surface area contributed by atoms with E-state index in [1.54, 1.807) is 22.9 Å². The van der Waals surface area contributed by atoms with E-state index in [1.807, 2.05) is 55.5 Å². The van der Waals surface area contributed by atoms with Gasteiger partial charge in [-0.1, -0.05) is 62.7 Å².